The van der Waals surface area contributed by atoms with Crippen LogP contribution in [-0.2, 0) is 0 Å². The highest BCUT2D eigenvalue weighted by Crippen LogP contribution is 2.29. The average Bonchev–Trinajstić information content (AvgIpc) is 2.40. The number of unbranched alkanes of at least 4 members (excludes halogenated alkanes) is 2. The zero-order valence-electron chi connectivity index (χ0n) is 11.6. The molecule has 0 radical (unpaired) electrons. The molecule has 1 amide bonds. The number of rotatable bonds is 6. The van der Waals surface area contributed by atoms with E-state index in [-0.39, 0.29) is 27.9 Å². The molecule has 2 N–H and O–H groups in total. The van der Waals surface area contributed by atoms with Gasteiger partial charge in [0.1, 0.15) is 0 Å². The molecule has 0 aliphatic heterocycles. The molecule has 110 valence electrons. The molecule has 0 aliphatic carbocycles. The van der Waals surface area contributed by atoms with Crippen molar-refractivity contribution in [1.82, 2.24) is 4.90 Å². The monoisotopic (exact) mass is 299 g/mol. The molecule has 0 bridgehead atoms. The van der Waals surface area contributed by atoms with E-state index in [0.29, 0.717) is 6.54 Å². The van der Waals surface area contributed by atoms with Gasteiger partial charge in [0, 0.05) is 25.7 Å². The number of halogens is 1. The van der Waals surface area contributed by atoms with E-state index in [0.717, 1.165) is 25.3 Å². The lowest BCUT2D eigenvalue weighted by Crippen LogP contribution is -2.28. The van der Waals surface area contributed by atoms with Crippen molar-refractivity contribution in [3.63, 3.8) is 0 Å². The van der Waals surface area contributed by atoms with Crippen molar-refractivity contribution in [1.29, 1.82) is 0 Å². The molecule has 0 spiro atoms. The van der Waals surface area contributed by atoms with Gasteiger partial charge in [-0.15, -0.1) is 0 Å². The van der Waals surface area contributed by atoms with Gasteiger partial charge in [0.25, 0.3) is 11.6 Å². The minimum absolute atomic E-state index is 0.0181. The summed E-state index contributed by atoms with van der Waals surface area (Å²) in [6, 6.07) is 2.31. The number of amides is 1. The Kier molecular flexibility index (Phi) is 5.76. The number of nitro groups is 1. The lowest BCUT2D eigenvalue weighted by Gasteiger charge is -2.18. The van der Waals surface area contributed by atoms with E-state index in [1.807, 2.05) is 0 Å². The van der Waals surface area contributed by atoms with Crippen molar-refractivity contribution in [3.8, 4) is 0 Å². The Labute approximate surface area is 122 Å². The number of benzene rings is 1. The number of carbonyl (C=O) groups excluding carboxylic acids is 1. The molecule has 0 unspecified atom stereocenters. The van der Waals surface area contributed by atoms with Gasteiger partial charge in [0.05, 0.1) is 21.2 Å². The Hall–Kier alpha value is -1.82. The standard InChI is InChI=1S/C13H18ClN3O3/c1-3-4-5-6-16(2)13(18)10-7-9(17(19)20)8-11(14)12(10)15/h7-8H,3-6,15H2,1-2H3. The van der Waals surface area contributed by atoms with Crippen LogP contribution in [0.1, 0.15) is 36.5 Å². The molecule has 1 aromatic carbocycles. The van der Waals surface area contributed by atoms with Crippen molar-refractivity contribution in [2.45, 2.75) is 26.2 Å². The summed E-state index contributed by atoms with van der Waals surface area (Å²) in [5, 5.41) is 10.8. The molecule has 0 saturated carbocycles. The number of nitro benzene ring substituents is 1. The molecule has 0 heterocycles. The zero-order chi connectivity index (χ0) is 15.3. The summed E-state index contributed by atoms with van der Waals surface area (Å²) in [5.41, 5.74) is 5.65. The normalized spacial score (nSPS) is 10.3. The van der Waals surface area contributed by atoms with Gasteiger partial charge in [-0.3, -0.25) is 14.9 Å². The van der Waals surface area contributed by atoms with Crippen LogP contribution in [-0.4, -0.2) is 29.3 Å². The number of anilines is 1. The predicted molar refractivity (Wildman–Crippen MR) is 79.0 cm³/mol. The first-order chi connectivity index (χ1) is 9.38. The van der Waals surface area contributed by atoms with Crippen molar-refractivity contribution in [2.75, 3.05) is 19.3 Å². The Morgan fingerprint density at radius 2 is 2.10 bits per heavy atom. The maximum Gasteiger partial charge on any atom is 0.271 e. The first kappa shape index (κ1) is 16.2. The number of nitrogen functional groups attached to an aromatic ring is 1. The lowest BCUT2D eigenvalue weighted by atomic mass is 10.1. The van der Waals surface area contributed by atoms with Crippen LogP contribution >= 0.6 is 11.6 Å². The SMILES string of the molecule is CCCCCN(C)C(=O)c1cc([N+](=O)[O-])cc(Cl)c1N. The van der Waals surface area contributed by atoms with Gasteiger partial charge in [-0.05, 0) is 6.42 Å². The van der Waals surface area contributed by atoms with Crippen LogP contribution in [0.25, 0.3) is 0 Å². The smallest absolute Gasteiger partial charge is 0.271 e. The van der Waals surface area contributed by atoms with Crippen LogP contribution < -0.4 is 5.73 Å². The number of carbonyl (C=O) groups is 1. The van der Waals surface area contributed by atoms with Crippen LogP contribution in [0.15, 0.2) is 12.1 Å². The van der Waals surface area contributed by atoms with Crippen molar-refractivity contribution >= 4 is 28.9 Å². The van der Waals surface area contributed by atoms with Crippen molar-refractivity contribution in [2.24, 2.45) is 0 Å². The molecular formula is C13H18ClN3O3. The lowest BCUT2D eigenvalue weighted by molar-refractivity contribution is -0.384. The summed E-state index contributed by atoms with van der Waals surface area (Å²) >= 11 is 5.84. The van der Waals surface area contributed by atoms with Gasteiger partial charge in [-0.2, -0.15) is 0 Å². The fourth-order valence-corrected chi connectivity index (χ4v) is 2.01. The second-order valence-electron chi connectivity index (χ2n) is 4.58. The van der Waals surface area contributed by atoms with E-state index in [2.05, 4.69) is 6.92 Å². The fourth-order valence-electron chi connectivity index (χ4n) is 1.79. The van der Waals surface area contributed by atoms with Crippen LogP contribution in [0, 0.1) is 10.1 Å². The number of nitrogens with two attached hydrogens (primary N) is 1. The first-order valence-electron chi connectivity index (χ1n) is 6.37. The molecule has 0 aromatic heterocycles. The van der Waals surface area contributed by atoms with Gasteiger partial charge >= 0.3 is 0 Å². The van der Waals surface area contributed by atoms with Crippen LogP contribution in [0.3, 0.4) is 0 Å². The predicted octanol–water partition coefficient (Wildman–Crippen LogP) is 3.09. The molecular weight excluding hydrogens is 282 g/mol. The molecule has 0 saturated heterocycles. The van der Waals surface area contributed by atoms with Crippen LogP contribution in [0.5, 0.6) is 0 Å². The summed E-state index contributed by atoms with van der Waals surface area (Å²) in [7, 11) is 1.64. The van der Waals surface area contributed by atoms with E-state index in [1.54, 1.807) is 7.05 Å². The van der Waals surface area contributed by atoms with Crippen molar-refractivity contribution < 1.29 is 9.72 Å². The Bertz CT molecular complexity index is 520. The Balaban J connectivity index is 2.99. The summed E-state index contributed by atoms with van der Waals surface area (Å²) in [6.07, 6.45) is 2.94. The minimum Gasteiger partial charge on any atom is -0.397 e. The summed E-state index contributed by atoms with van der Waals surface area (Å²) in [6.45, 7) is 2.65. The van der Waals surface area contributed by atoms with E-state index in [9.17, 15) is 14.9 Å². The molecule has 7 heteroatoms. The molecule has 0 atom stereocenters. The molecule has 1 rings (SSSR count). The third kappa shape index (κ3) is 3.84. The van der Waals surface area contributed by atoms with Gasteiger partial charge in [0.2, 0.25) is 0 Å². The highest BCUT2D eigenvalue weighted by molar-refractivity contribution is 6.34. The second-order valence-corrected chi connectivity index (χ2v) is 4.99. The average molecular weight is 300 g/mol. The maximum atomic E-state index is 12.3. The van der Waals surface area contributed by atoms with Gasteiger partial charge in [-0.25, -0.2) is 0 Å². The van der Waals surface area contributed by atoms with E-state index in [4.69, 9.17) is 17.3 Å². The van der Waals surface area contributed by atoms with Crippen LogP contribution in [0.2, 0.25) is 5.02 Å². The highest BCUT2D eigenvalue weighted by atomic mass is 35.5. The van der Waals surface area contributed by atoms with Gasteiger partial charge < -0.3 is 10.6 Å². The Morgan fingerprint density at radius 3 is 2.65 bits per heavy atom. The molecule has 0 fully saturated rings. The Morgan fingerprint density at radius 1 is 1.45 bits per heavy atom. The summed E-state index contributed by atoms with van der Waals surface area (Å²) < 4.78 is 0. The second kappa shape index (κ2) is 7.09. The number of hydrogen-bond acceptors (Lipinski definition) is 4. The van der Waals surface area contributed by atoms with Crippen molar-refractivity contribution in [3.05, 3.63) is 32.8 Å². The van der Waals surface area contributed by atoms with Gasteiger partial charge in [0.15, 0.2) is 0 Å². The third-order valence-corrected chi connectivity index (χ3v) is 3.31. The molecule has 6 nitrogen and oxygen atoms in total. The van der Waals surface area contributed by atoms with Gasteiger partial charge in [-0.1, -0.05) is 31.4 Å². The fraction of sp³-hybridized carbons (Fsp3) is 0.462. The maximum absolute atomic E-state index is 12.3. The first-order valence-corrected chi connectivity index (χ1v) is 6.75. The zero-order valence-corrected chi connectivity index (χ0v) is 12.3. The largest absolute Gasteiger partial charge is 0.397 e. The molecule has 0 aliphatic rings. The van der Waals surface area contributed by atoms with Crippen LogP contribution in [0.4, 0.5) is 11.4 Å². The van der Waals surface area contributed by atoms with E-state index in [1.165, 1.54) is 11.0 Å². The topological polar surface area (TPSA) is 89.5 Å². The quantitative estimate of drug-likeness (QED) is 0.378. The molecule has 1 aromatic rings. The van der Waals surface area contributed by atoms with E-state index >= 15 is 0 Å². The summed E-state index contributed by atoms with van der Waals surface area (Å²) in [5.74, 6) is -0.357. The number of nitrogens with zero attached hydrogens (tertiary/aromatic N) is 2. The highest BCUT2D eigenvalue weighted by Gasteiger charge is 2.21. The molecule has 20 heavy (non-hydrogen) atoms. The summed E-state index contributed by atoms with van der Waals surface area (Å²) in [4.78, 5) is 24.0. The third-order valence-electron chi connectivity index (χ3n) is 3.00. The van der Waals surface area contributed by atoms with E-state index < -0.39 is 4.92 Å². The minimum atomic E-state index is -0.598. The number of non-ortho nitro benzene ring substituents is 1. The number of hydrogen-bond donors (Lipinski definition) is 1.